The molecule has 0 fully saturated rings. The van der Waals surface area contributed by atoms with Gasteiger partial charge in [0.05, 0.1) is 9.40 Å². The largest absolute Gasteiger partial charge is 0.138 e. The number of nitrogens with zero attached hydrogens (tertiary/aromatic N) is 4. The van der Waals surface area contributed by atoms with Gasteiger partial charge in [-0.3, -0.25) is 0 Å². The van der Waals surface area contributed by atoms with E-state index in [1.807, 2.05) is 24.3 Å². The van der Waals surface area contributed by atoms with Crippen molar-refractivity contribution in [2.24, 2.45) is 0 Å². The minimum absolute atomic E-state index is 0.864. The number of hydrogen-bond donors (Lipinski definition) is 0. The Morgan fingerprint density at radius 3 is 1.79 bits per heavy atom. The third-order valence-electron chi connectivity index (χ3n) is 3.09. The SMILES string of the molecule is c1cc(Cc2cccc3nnsc23)c2snnc2c1. The van der Waals surface area contributed by atoms with Gasteiger partial charge < -0.3 is 0 Å². The molecule has 2 heterocycles. The van der Waals surface area contributed by atoms with Gasteiger partial charge in [0.2, 0.25) is 0 Å². The van der Waals surface area contributed by atoms with Gasteiger partial charge in [0.25, 0.3) is 0 Å². The molecular weight excluding hydrogens is 276 g/mol. The van der Waals surface area contributed by atoms with Gasteiger partial charge in [-0.05, 0) is 46.3 Å². The van der Waals surface area contributed by atoms with E-state index in [0.29, 0.717) is 0 Å². The predicted molar refractivity (Wildman–Crippen MR) is 77.6 cm³/mol. The molecule has 0 bridgehead atoms. The fourth-order valence-electron chi connectivity index (χ4n) is 2.20. The zero-order valence-electron chi connectivity index (χ0n) is 9.78. The van der Waals surface area contributed by atoms with Gasteiger partial charge in [-0.15, -0.1) is 10.2 Å². The molecule has 0 saturated heterocycles. The van der Waals surface area contributed by atoms with Crippen molar-refractivity contribution in [1.29, 1.82) is 0 Å². The van der Waals surface area contributed by atoms with E-state index in [1.54, 1.807) is 0 Å². The highest BCUT2D eigenvalue weighted by molar-refractivity contribution is 7.13. The van der Waals surface area contributed by atoms with Gasteiger partial charge in [-0.1, -0.05) is 33.2 Å². The third-order valence-corrected chi connectivity index (χ3v) is 4.73. The molecule has 19 heavy (non-hydrogen) atoms. The molecule has 4 nitrogen and oxygen atoms in total. The summed E-state index contributed by atoms with van der Waals surface area (Å²) >= 11 is 2.90. The topological polar surface area (TPSA) is 51.6 Å². The summed E-state index contributed by atoms with van der Waals surface area (Å²) in [4.78, 5) is 0. The number of rotatable bonds is 2. The summed E-state index contributed by atoms with van der Waals surface area (Å²) in [5.74, 6) is 0. The third kappa shape index (κ3) is 1.80. The van der Waals surface area contributed by atoms with Crippen LogP contribution in [0.4, 0.5) is 0 Å². The van der Waals surface area contributed by atoms with E-state index in [1.165, 1.54) is 34.2 Å². The lowest BCUT2D eigenvalue weighted by Gasteiger charge is -2.03. The predicted octanol–water partition coefficient (Wildman–Crippen LogP) is 3.29. The highest BCUT2D eigenvalue weighted by Gasteiger charge is 2.09. The van der Waals surface area contributed by atoms with Crippen molar-refractivity contribution < 1.29 is 0 Å². The van der Waals surface area contributed by atoms with Crippen molar-refractivity contribution in [2.45, 2.75) is 6.42 Å². The summed E-state index contributed by atoms with van der Waals surface area (Å²) < 4.78 is 10.4. The summed E-state index contributed by atoms with van der Waals surface area (Å²) in [6, 6.07) is 12.3. The van der Waals surface area contributed by atoms with Crippen LogP contribution in [-0.4, -0.2) is 19.2 Å². The van der Waals surface area contributed by atoms with Gasteiger partial charge in [0.1, 0.15) is 11.0 Å². The lowest BCUT2D eigenvalue weighted by atomic mass is 10.0. The van der Waals surface area contributed by atoms with Crippen LogP contribution in [0.5, 0.6) is 0 Å². The molecule has 0 aliphatic carbocycles. The van der Waals surface area contributed by atoms with Crippen LogP contribution in [0.1, 0.15) is 11.1 Å². The highest BCUT2D eigenvalue weighted by Crippen LogP contribution is 2.27. The molecule has 0 aliphatic heterocycles. The average Bonchev–Trinajstić information content (AvgIpc) is 3.08. The quantitative estimate of drug-likeness (QED) is 0.567. The van der Waals surface area contributed by atoms with E-state index in [4.69, 9.17) is 0 Å². The molecule has 4 aromatic rings. The minimum Gasteiger partial charge on any atom is -0.138 e. The Kier molecular flexibility index (Phi) is 2.49. The summed E-state index contributed by atoms with van der Waals surface area (Å²) in [7, 11) is 0. The summed E-state index contributed by atoms with van der Waals surface area (Å²) in [6.45, 7) is 0. The number of hydrogen-bond acceptors (Lipinski definition) is 6. The van der Waals surface area contributed by atoms with Crippen LogP contribution in [0.3, 0.4) is 0 Å². The summed E-state index contributed by atoms with van der Waals surface area (Å²) in [5.41, 5.74) is 4.45. The monoisotopic (exact) mass is 284 g/mol. The molecule has 0 spiro atoms. The maximum Gasteiger partial charge on any atom is 0.106 e. The van der Waals surface area contributed by atoms with Crippen LogP contribution < -0.4 is 0 Å². The molecule has 0 saturated carbocycles. The van der Waals surface area contributed by atoms with Crippen LogP contribution in [0.25, 0.3) is 20.4 Å². The number of aromatic nitrogens is 4. The Bertz CT molecular complexity index is 793. The zero-order valence-corrected chi connectivity index (χ0v) is 11.4. The van der Waals surface area contributed by atoms with E-state index < -0.39 is 0 Å². The molecule has 0 amide bonds. The zero-order chi connectivity index (χ0) is 12.7. The standard InChI is InChI=1S/C13H8N4S2/c1-3-8(12-10(5-1)14-16-18-12)7-9-4-2-6-11-13(9)19-17-15-11/h1-6H,7H2. The molecule has 2 aromatic carbocycles. The van der Waals surface area contributed by atoms with Gasteiger partial charge in [-0.25, -0.2) is 0 Å². The first-order chi connectivity index (χ1) is 9.42. The number of benzene rings is 2. The normalized spacial score (nSPS) is 11.4. The van der Waals surface area contributed by atoms with E-state index in [-0.39, 0.29) is 0 Å². The minimum atomic E-state index is 0.864. The van der Waals surface area contributed by atoms with Crippen molar-refractivity contribution in [3.63, 3.8) is 0 Å². The Morgan fingerprint density at radius 1 is 0.737 bits per heavy atom. The second-order valence-electron chi connectivity index (χ2n) is 4.25. The Hall–Kier alpha value is -1.92. The molecule has 0 aliphatic rings. The van der Waals surface area contributed by atoms with E-state index in [0.717, 1.165) is 26.9 Å². The fraction of sp³-hybridized carbons (Fsp3) is 0.0769. The molecule has 2 aromatic heterocycles. The Balaban J connectivity index is 1.86. The van der Waals surface area contributed by atoms with Crippen molar-refractivity contribution in [3.05, 3.63) is 47.5 Å². The van der Waals surface area contributed by atoms with Crippen LogP contribution in [-0.2, 0) is 6.42 Å². The molecule has 0 N–H and O–H groups in total. The van der Waals surface area contributed by atoms with Gasteiger partial charge in [0, 0.05) is 6.42 Å². The molecule has 6 heteroatoms. The first-order valence-electron chi connectivity index (χ1n) is 5.82. The number of fused-ring (bicyclic) bond motifs is 2. The van der Waals surface area contributed by atoms with E-state index in [9.17, 15) is 0 Å². The van der Waals surface area contributed by atoms with E-state index >= 15 is 0 Å². The Morgan fingerprint density at radius 2 is 1.26 bits per heavy atom. The van der Waals surface area contributed by atoms with Crippen molar-refractivity contribution in [1.82, 2.24) is 19.2 Å². The first kappa shape index (κ1) is 11.0. The molecular formula is C13H8N4S2. The second-order valence-corrected chi connectivity index (χ2v) is 5.76. The van der Waals surface area contributed by atoms with Gasteiger partial charge >= 0.3 is 0 Å². The van der Waals surface area contributed by atoms with Gasteiger partial charge in [-0.2, -0.15) is 0 Å². The van der Waals surface area contributed by atoms with Crippen molar-refractivity contribution in [2.75, 3.05) is 0 Å². The maximum atomic E-state index is 4.12. The van der Waals surface area contributed by atoms with Crippen LogP contribution in [0.15, 0.2) is 36.4 Å². The molecule has 4 rings (SSSR count). The van der Waals surface area contributed by atoms with Crippen molar-refractivity contribution >= 4 is 43.5 Å². The summed E-state index contributed by atoms with van der Waals surface area (Å²) in [6.07, 6.45) is 0.864. The van der Waals surface area contributed by atoms with Crippen LogP contribution in [0, 0.1) is 0 Å². The Labute approximate surface area is 117 Å². The fourth-order valence-corrected chi connectivity index (χ4v) is 3.55. The average molecular weight is 284 g/mol. The smallest absolute Gasteiger partial charge is 0.106 e. The molecule has 92 valence electrons. The lowest BCUT2D eigenvalue weighted by Crippen LogP contribution is -1.88. The highest BCUT2D eigenvalue weighted by atomic mass is 32.1. The van der Waals surface area contributed by atoms with Gasteiger partial charge in [0.15, 0.2) is 0 Å². The van der Waals surface area contributed by atoms with Crippen molar-refractivity contribution in [3.8, 4) is 0 Å². The second kappa shape index (κ2) is 4.32. The molecule has 0 radical (unpaired) electrons. The maximum absolute atomic E-state index is 4.12. The van der Waals surface area contributed by atoms with Crippen LogP contribution in [0.2, 0.25) is 0 Å². The van der Waals surface area contributed by atoms with Crippen LogP contribution >= 0.6 is 23.1 Å². The molecule has 0 atom stereocenters. The molecule has 0 unspecified atom stereocenters. The first-order valence-corrected chi connectivity index (χ1v) is 7.36. The summed E-state index contributed by atoms with van der Waals surface area (Å²) in [5, 5.41) is 8.24. The van der Waals surface area contributed by atoms with E-state index in [2.05, 4.69) is 31.3 Å². The lowest BCUT2D eigenvalue weighted by molar-refractivity contribution is 1.19.